The van der Waals surface area contributed by atoms with Crippen LogP contribution >= 0.6 is 11.3 Å². The summed E-state index contributed by atoms with van der Waals surface area (Å²) in [6.45, 7) is 9.43. The highest BCUT2D eigenvalue weighted by atomic mass is 32.2. The Bertz CT molecular complexity index is 925. The van der Waals surface area contributed by atoms with Crippen LogP contribution in [-0.4, -0.2) is 33.0 Å². The van der Waals surface area contributed by atoms with E-state index in [-0.39, 0.29) is 0 Å². The molecule has 1 aromatic carbocycles. The van der Waals surface area contributed by atoms with Gasteiger partial charge in [-0.1, -0.05) is 32.0 Å². The Morgan fingerprint density at radius 2 is 1.85 bits per heavy atom. The first-order chi connectivity index (χ1) is 12.8. The standard InChI is InChI=1S/C21H28N2O2S2/c1-16(2)14-23-19-7-5-4-6-18(19)21(27(23,24)25)9-11-22(12-10-21)15-20-17(3)8-13-26-20/h4-8,13,16H,9-12,14-15H2,1-3H3. The molecule has 0 amide bonds. The molecule has 0 N–H and O–H groups in total. The zero-order chi connectivity index (χ0) is 19.2. The summed E-state index contributed by atoms with van der Waals surface area (Å²) in [6.07, 6.45) is 1.34. The molecule has 6 heteroatoms. The van der Waals surface area contributed by atoms with Crippen LogP contribution in [0, 0.1) is 12.8 Å². The number of likely N-dealkylation sites (tertiary alicyclic amines) is 1. The number of benzene rings is 1. The summed E-state index contributed by atoms with van der Waals surface area (Å²) in [5, 5.41) is 2.14. The van der Waals surface area contributed by atoms with Gasteiger partial charge in [-0.3, -0.25) is 9.21 Å². The van der Waals surface area contributed by atoms with Gasteiger partial charge in [-0.2, -0.15) is 0 Å². The number of fused-ring (bicyclic) bond motifs is 2. The van der Waals surface area contributed by atoms with Crippen LogP contribution in [0.5, 0.6) is 0 Å². The molecule has 2 aliphatic rings. The smallest absolute Gasteiger partial charge is 0.245 e. The molecular weight excluding hydrogens is 376 g/mol. The summed E-state index contributed by atoms with van der Waals surface area (Å²) < 4.78 is 28.2. The van der Waals surface area contributed by atoms with Gasteiger partial charge in [0.05, 0.1) is 5.69 Å². The van der Waals surface area contributed by atoms with Crippen LogP contribution in [-0.2, 0) is 21.3 Å². The fourth-order valence-corrected chi connectivity index (χ4v) is 7.88. The van der Waals surface area contributed by atoms with E-state index in [0.29, 0.717) is 25.3 Å². The monoisotopic (exact) mass is 404 g/mol. The van der Waals surface area contributed by atoms with Crippen LogP contribution in [0.15, 0.2) is 35.7 Å². The minimum absolute atomic E-state index is 0.296. The van der Waals surface area contributed by atoms with Crippen LogP contribution in [0.1, 0.15) is 42.7 Å². The molecule has 146 valence electrons. The third-order valence-corrected chi connectivity index (χ3v) is 9.53. The van der Waals surface area contributed by atoms with Crippen LogP contribution in [0.25, 0.3) is 0 Å². The molecule has 27 heavy (non-hydrogen) atoms. The van der Waals surface area contributed by atoms with Gasteiger partial charge in [0, 0.05) is 31.1 Å². The fourth-order valence-electron chi connectivity index (χ4n) is 4.45. The maximum absolute atomic E-state index is 13.6. The minimum Gasteiger partial charge on any atom is -0.298 e. The molecule has 1 fully saturated rings. The van der Waals surface area contributed by atoms with Gasteiger partial charge in [-0.25, -0.2) is 8.42 Å². The first-order valence-electron chi connectivity index (χ1n) is 9.72. The molecule has 2 aliphatic heterocycles. The molecule has 0 unspecified atom stereocenters. The Labute approximate surface area is 166 Å². The molecule has 0 bridgehead atoms. The number of nitrogens with zero attached hydrogens (tertiary/aromatic N) is 2. The number of hydrogen-bond donors (Lipinski definition) is 0. The van der Waals surface area contributed by atoms with Crippen molar-refractivity contribution in [2.75, 3.05) is 23.9 Å². The second-order valence-corrected chi connectivity index (χ2v) is 11.4. The van der Waals surface area contributed by atoms with Crippen molar-refractivity contribution in [3.8, 4) is 0 Å². The van der Waals surface area contributed by atoms with Gasteiger partial charge < -0.3 is 0 Å². The Kier molecular flexibility index (Phi) is 4.85. The van der Waals surface area contributed by atoms with Crippen LogP contribution < -0.4 is 4.31 Å². The van der Waals surface area contributed by atoms with Crippen LogP contribution in [0.4, 0.5) is 5.69 Å². The zero-order valence-corrected chi connectivity index (χ0v) is 17.9. The quantitative estimate of drug-likeness (QED) is 0.760. The van der Waals surface area contributed by atoms with E-state index in [9.17, 15) is 8.42 Å². The van der Waals surface area contributed by atoms with Crippen molar-refractivity contribution < 1.29 is 8.42 Å². The molecule has 0 atom stereocenters. The first kappa shape index (κ1) is 19.0. The van der Waals surface area contributed by atoms with Crippen molar-refractivity contribution in [1.29, 1.82) is 0 Å². The highest BCUT2D eigenvalue weighted by Crippen LogP contribution is 2.52. The largest absolute Gasteiger partial charge is 0.298 e. The Morgan fingerprint density at radius 1 is 1.15 bits per heavy atom. The van der Waals surface area contributed by atoms with Gasteiger partial charge in [0.25, 0.3) is 0 Å². The Morgan fingerprint density at radius 3 is 2.48 bits per heavy atom. The van der Waals surface area contributed by atoms with Gasteiger partial charge in [0.1, 0.15) is 4.75 Å². The van der Waals surface area contributed by atoms with Gasteiger partial charge in [-0.05, 0) is 54.3 Å². The van der Waals surface area contributed by atoms with E-state index < -0.39 is 14.8 Å². The summed E-state index contributed by atoms with van der Waals surface area (Å²) in [6, 6.07) is 10.1. The van der Waals surface area contributed by atoms with E-state index >= 15 is 0 Å². The summed E-state index contributed by atoms with van der Waals surface area (Å²) in [5.41, 5.74) is 3.24. The summed E-state index contributed by atoms with van der Waals surface area (Å²) in [5.74, 6) is 0.296. The van der Waals surface area contributed by atoms with E-state index in [0.717, 1.165) is 30.9 Å². The van der Waals surface area contributed by atoms with E-state index in [1.165, 1.54) is 10.4 Å². The highest BCUT2D eigenvalue weighted by Gasteiger charge is 2.56. The lowest BCUT2D eigenvalue weighted by atomic mass is 9.87. The Hall–Kier alpha value is -1.37. The average Bonchev–Trinajstić information content (AvgIpc) is 3.11. The van der Waals surface area contributed by atoms with Crippen molar-refractivity contribution in [2.45, 2.75) is 44.9 Å². The van der Waals surface area contributed by atoms with E-state index in [2.05, 4.69) is 37.1 Å². The average molecular weight is 405 g/mol. The van der Waals surface area contributed by atoms with Gasteiger partial charge >= 0.3 is 0 Å². The SMILES string of the molecule is Cc1ccsc1CN1CCC2(CC1)c1ccccc1N(CC(C)C)S2(=O)=O. The molecule has 2 aromatic rings. The van der Waals surface area contributed by atoms with Crippen molar-refractivity contribution in [3.05, 3.63) is 51.7 Å². The van der Waals surface area contributed by atoms with Gasteiger partial charge in [-0.15, -0.1) is 11.3 Å². The third-order valence-electron chi connectivity index (χ3n) is 5.98. The zero-order valence-electron chi connectivity index (χ0n) is 16.3. The van der Waals surface area contributed by atoms with Gasteiger partial charge in [0.2, 0.25) is 10.0 Å². The number of piperidine rings is 1. The molecule has 0 aliphatic carbocycles. The summed E-state index contributed by atoms with van der Waals surface area (Å²) in [4.78, 5) is 3.80. The van der Waals surface area contributed by atoms with Crippen LogP contribution in [0.2, 0.25) is 0 Å². The molecule has 4 nitrogen and oxygen atoms in total. The second kappa shape index (κ2) is 6.90. The number of anilines is 1. The maximum atomic E-state index is 13.6. The molecule has 1 spiro atoms. The lowest BCUT2D eigenvalue weighted by Gasteiger charge is -2.39. The van der Waals surface area contributed by atoms with Crippen molar-refractivity contribution in [3.63, 3.8) is 0 Å². The molecule has 4 rings (SSSR count). The minimum atomic E-state index is -3.39. The van der Waals surface area contributed by atoms with Crippen LogP contribution in [0.3, 0.4) is 0 Å². The second-order valence-electron chi connectivity index (χ2n) is 8.24. The van der Waals surface area contributed by atoms with Crippen molar-refractivity contribution in [1.82, 2.24) is 4.90 Å². The third kappa shape index (κ3) is 3.02. The predicted octanol–water partition coefficient (Wildman–Crippen LogP) is 4.35. The number of para-hydroxylation sites is 1. The molecule has 0 radical (unpaired) electrons. The normalized spacial score (nSPS) is 21.1. The number of aryl methyl sites for hydroxylation is 1. The molecule has 1 aromatic heterocycles. The predicted molar refractivity (Wildman–Crippen MR) is 113 cm³/mol. The summed E-state index contributed by atoms with van der Waals surface area (Å²) in [7, 11) is -3.39. The van der Waals surface area contributed by atoms with E-state index in [1.54, 1.807) is 15.6 Å². The Balaban J connectivity index is 1.62. The molecule has 1 saturated heterocycles. The number of hydrogen-bond acceptors (Lipinski definition) is 4. The number of thiophene rings is 1. The number of sulfonamides is 1. The first-order valence-corrected chi connectivity index (χ1v) is 12.0. The van der Waals surface area contributed by atoms with Crippen molar-refractivity contribution >= 4 is 27.0 Å². The summed E-state index contributed by atoms with van der Waals surface area (Å²) >= 11 is 1.79. The van der Waals surface area contributed by atoms with Crippen molar-refractivity contribution in [2.24, 2.45) is 5.92 Å². The maximum Gasteiger partial charge on any atom is 0.245 e. The van der Waals surface area contributed by atoms with E-state index in [1.807, 2.05) is 24.3 Å². The lowest BCUT2D eigenvalue weighted by molar-refractivity contribution is 0.190. The lowest BCUT2D eigenvalue weighted by Crippen LogP contribution is -2.48. The highest BCUT2D eigenvalue weighted by molar-refractivity contribution is 7.94. The molecular formula is C21H28N2O2S2. The molecule has 0 saturated carbocycles. The topological polar surface area (TPSA) is 40.6 Å². The molecule has 3 heterocycles. The fraction of sp³-hybridized carbons (Fsp3) is 0.524. The van der Waals surface area contributed by atoms with Gasteiger partial charge in [0.15, 0.2) is 0 Å². The number of rotatable bonds is 4. The van der Waals surface area contributed by atoms with E-state index in [4.69, 9.17) is 0 Å².